The second-order valence-electron chi connectivity index (χ2n) is 5.92. The van der Waals surface area contributed by atoms with E-state index in [1.54, 1.807) is 24.3 Å². The van der Waals surface area contributed by atoms with Crippen LogP contribution in [0.3, 0.4) is 0 Å². The van der Waals surface area contributed by atoms with Crippen molar-refractivity contribution in [2.45, 2.75) is 13.3 Å². The average molecular weight is 333 g/mol. The highest BCUT2D eigenvalue weighted by Gasteiger charge is 2.28. The molecule has 1 aliphatic heterocycles. The lowest BCUT2D eigenvalue weighted by molar-refractivity contribution is -0.141. The van der Waals surface area contributed by atoms with Crippen molar-refractivity contribution in [1.82, 2.24) is 10.6 Å². The highest BCUT2D eigenvalue weighted by atomic mass is 16.5. The zero-order valence-electron chi connectivity index (χ0n) is 13.9. The van der Waals surface area contributed by atoms with Gasteiger partial charge in [0.05, 0.1) is 13.5 Å². The van der Waals surface area contributed by atoms with Gasteiger partial charge in [-0.2, -0.15) is 0 Å². The van der Waals surface area contributed by atoms with Crippen LogP contribution in [0.1, 0.15) is 12.5 Å². The van der Waals surface area contributed by atoms with Crippen molar-refractivity contribution >= 4 is 23.5 Å². The predicted molar refractivity (Wildman–Crippen MR) is 89.3 cm³/mol. The number of benzene rings is 1. The molecule has 1 aliphatic rings. The molecule has 0 bridgehead atoms. The lowest BCUT2D eigenvalue weighted by Crippen LogP contribution is -2.48. The number of carbonyl (C=O) groups excluding carboxylic acids is 3. The summed E-state index contributed by atoms with van der Waals surface area (Å²) in [4.78, 5) is 34.8. The minimum atomic E-state index is -0.489. The van der Waals surface area contributed by atoms with Gasteiger partial charge in [0, 0.05) is 11.6 Å². The molecule has 0 spiro atoms. The van der Waals surface area contributed by atoms with Crippen molar-refractivity contribution in [3.8, 4) is 0 Å². The van der Waals surface area contributed by atoms with Crippen LogP contribution >= 0.6 is 0 Å². The molecule has 1 unspecified atom stereocenters. The number of carbonyl (C=O) groups is 3. The molecule has 2 amide bonds. The molecule has 1 saturated heterocycles. The third kappa shape index (κ3) is 5.06. The van der Waals surface area contributed by atoms with Crippen molar-refractivity contribution in [2.24, 2.45) is 11.8 Å². The standard InChI is InChI=1S/C17H23N3O4/c1-11(13-8-18-9-13)17(23)20-14-5-3-12(4-6-14)7-15(21)19-10-16(22)24-2/h3-6,11,13,18H,7-10H2,1-2H3,(H,19,21)(H,20,23). The molecule has 7 nitrogen and oxygen atoms in total. The molecule has 3 N–H and O–H groups in total. The summed E-state index contributed by atoms with van der Waals surface area (Å²) in [5.41, 5.74) is 1.50. The van der Waals surface area contributed by atoms with Crippen molar-refractivity contribution in [3.63, 3.8) is 0 Å². The van der Waals surface area contributed by atoms with Crippen LogP contribution in [0.25, 0.3) is 0 Å². The van der Waals surface area contributed by atoms with Crippen LogP contribution < -0.4 is 16.0 Å². The summed E-state index contributed by atoms with van der Waals surface area (Å²) >= 11 is 0. The van der Waals surface area contributed by atoms with E-state index in [1.165, 1.54) is 7.11 Å². The van der Waals surface area contributed by atoms with Crippen molar-refractivity contribution in [2.75, 3.05) is 32.1 Å². The minimum absolute atomic E-state index is 0.00470. The van der Waals surface area contributed by atoms with Gasteiger partial charge in [0.1, 0.15) is 6.54 Å². The molecule has 7 heteroatoms. The zero-order valence-corrected chi connectivity index (χ0v) is 13.9. The van der Waals surface area contributed by atoms with E-state index in [0.29, 0.717) is 11.6 Å². The Morgan fingerprint density at radius 2 is 1.92 bits per heavy atom. The first-order valence-corrected chi connectivity index (χ1v) is 7.93. The number of esters is 1. The largest absolute Gasteiger partial charge is 0.468 e. The number of nitrogens with one attached hydrogen (secondary N) is 3. The topological polar surface area (TPSA) is 96.5 Å². The molecule has 1 fully saturated rings. The average Bonchev–Trinajstić information content (AvgIpc) is 2.52. The number of rotatable bonds is 7. The zero-order chi connectivity index (χ0) is 17.5. The first kappa shape index (κ1) is 17.9. The summed E-state index contributed by atoms with van der Waals surface area (Å²) in [5.74, 6) is -0.386. The van der Waals surface area contributed by atoms with Gasteiger partial charge in [-0.25, -0.2) is 0 Å². The smallest absolute Gasteiger partial charge is 0.325 e. The van der Waals surface area contributed by atoms with Gasteiger partial charge in [-0.3, -0.25) is 14.4 Å². The summed E-state index contributed by atoms with van der Waals surface area (Å²) in [6, 6.07) is 7.10. The first-order valence-electron chi connectivity index (χ1n) is 7.93. The third-order valence-electron chi connectivity index (χ3n) is 4.18. The van der Waals surface area contributed by atoms with Crippen LogP contribution in [0, 0.1) is 11.8 Å². The van der Waals surface area contributed by atoms with Crippen molar-refractivity contribution < 1.29 is 19.1 Å². The summed E-state index contributed by atoms with van der Waals surface area (Å²) < 4.78 is 4.45. The van der Waals surface area contributed by atoms with Gasteiger partial charge in [-0.15, -0.1) is 0 Å². The van der Waals surface area contributed by atoms with E-state index in [4.69, 9.17) is 0 Å². The maximum Gasteiger partial charge on any atom is 0.325 e. The SMILES string of the molecule is COC(=O)CNC(=O)Cc1ccc(NC(=O)C(C)C2CNC2)cc1. The molecule has 24 heavy (non-hydrogen) atoms. The molecule has 130 valence electrons. The number of anilines is 1. The van der Waals surface area contributed by atoms with E-state index in [2.05, 4.69) is 20.7 Å². The van der Waals surface area contributed by atoms with Gasteiger partial charge < -0.3 is 20.7 Å². The van der Waals surface area contributed by atoms with Crippen LogP contribution in [0.15, 0.2) is 24.3 Å². The summed E-state index contributed by atoms with van der Waals surface area (Å²) in [7, 11) is 1.27. The van der Waals surface area contributed by atoms with Crippen LogP contribution in [-0.2, 0) is 25.5 Å². The molecule has 1 aromatic rings. The summed E-state index contributed by atoms with van der Waals surface area (Å²) in [5, 5.41) is 8.53. The first-order chi connectivity index (χ1) is 11.5. The van der Waals surface area contributed by atoms with E-state index in [0.717, 1.165) is 18.7 Å². The van der Waals surface area contributed by atoms with Gasteiger partial charge in [0.2, 0.25) is 11.8 Å². The Hall–Kier alpha value is -2.41. The fourth-order valence-electron chi connectivity index (χ4n) is 2.33. The lowest BCUT2D eigenvalue weighted by atomic mass is 9.88. The maximum absolute atomic E-state index is 12.1. The van der Waals surface area contributed by atoms with E-state index in [-0.39, 0.29) is 30.7 Å². The second kappa shape index (κ2) is 8.44. The second-order valence-corrected chi connectivity index (χ2v) is 5.92. The maximum atomic E-state index is 12.1. The summed E-state index contributed by atoms with van der Waals surface area (Å²) in [6.45, 7) is 3.56. The Morgan fingerprint density at radius 3 is 2.46 bits per heavy atom. The number of ether oxygens (including phenoxy) is 1. The summed E-state index contributed by atoms with van der Waals surface area (Å²) in [6.07, 6.45) is 0.162. The molecule has 1 heterocycles. The van der Waals surface area contributed by atoms with Crippen LogP contribution in [0.5, 0.6) is 0 Å². The minimum Gasteiger partial charge on any atom is -0.468 e. The molecular weight excluding hydrogens is 310 g/mol. The molecule has 0 radical (unpaired) electrons. The predicted octanol–water partition coefficient (Wildman–Crippen LogP) is 0.312. The van der Waals surface area contributed by atoms with Gasteiger partial charge in [0.25, 0.3) is 0 Å². The molecular formula is C17H23N3O4. The van der Waals surface area contributed by atoms with Crippen molar-refractivity contribution in [1.29, 1.82) is 0 Å². The van der Waals surface area contributed by atoms with Gasteiger partial charge in [-0.1, -0.05) is 19.1 Å². The quantitative estimate of drug-likeness (QED) is 0.624. The Labute approximate surface area is 141 Å². The van der Waals surface area contributed by atoms with Gasteiger partial charge in [-0.05, 0) is 36.7 Å². The molecule has 0 aliphatic carbocycles. The van der Waals surface area contributed by atoms with E-state index in [1.807, 2.05) is 6.92 Å². The van der Waals surface area contributed by atoms with Gasteiger partial charge in [0.15, 0.2) is 0 Å². The van der Waals surface area contributed by atoms with E-state index < -0.39 is 5.97 Å². The number of methoxy groups -OCH3 is 1. The van der Waals surface area contributed by atoms with E-state index in [9.17, 15) is 14.4 Å². The normalized spacial score (nSPS) is 15.1. The van der Waals surface area contributed by atoms with Crippen LogP contribution in [0.2, 0.25) is 0 Å². The van der Waals surface area contributed by atoms with Crippen LogP contribution in [0.4, 0.5) is 5.69 Å². The van der Waals surface area contributed by atoms with E-state index >= 15 is 0 Å². The number of amides is 2. The van der Waals surface area contributed by atoms with Crippen molar-refractivity contribution in [3.05, 3.63) is 29.8 Å². The number of hydrogen-bond acceptors (Lipinski definition) is 5. The Kier molecular flexibility index (Phi) is 6.31. The van der Waals surface area contributed by atoms with Gasteiger partial charge >= 0.3 is 5.97 Å². The molecule has 1 atom stereocenters. The highest BCUT2D eigenvalue weighted by molar-refractivity contribution is 5.92. The fraction of sp³-hybridized carbons (Fsp3) is 0.471. The molecule has 1 aromatic carbocycles. The number of hydrogen-bond donors (Lipinski definition) is 3. The third-order valence-corrected chi connectivity index (χ3v) is 4.18. The highest BCUT2D eigenvalue weighted by Crippen LogP contribution is 2.18. The monoisotopic (exact) mass is 333 g/mol. The Morgan fingerprint density at radius 1 is 1.25 bits per heavy atom. The van der Waals surface area contributed by atoms with Crippen LogP contribution in [-0.4, -0.2) is 44.5 Å². The molecule has 2 rings (SSSR count). The fourth-order valence-corrected chi connectivity index (χ4v) is 2.33. The Bertz CT molecular complexity index is 596. The molecule has 0 saturated carbocycles. The Balaban J connectivity index is 1.80. The molecule has 0 aromatic heterocycles. The lowest BCUT2D eigenvalue weighted by Gasteiger charge is -2.31.